The highest BCUT2D eigenvalue weighted by Gasteiger charge is 2.39. The van der Waals surface area contributed by atoms with Gasteiger partial charge in [0.15, 0.2) is 0 Å². The lowest BCUT2D eigenvalue weighted by Crippen LogP contribution is -2.18. The Morgan fingerprint density at radius 1 is 1.31 bits per heavy atom. The smallest absolute Gasteiger partial charge is 0.325 e. The molecule has 2 N–H and O–H groups in total. The molecule has 0 aliphatic carbocycles. The summed E-state index contributed by atoms with van der Waals surface area (Å²) in [6, 6.07) is 0.0622. The van der Waals surface area contributed by atoms with Crippen LogP contribution in [0.2, 0.25) is 0 Å². The number of hydrogen-bond acceptors (Lipinski definition) is 2. The van der Waals surface area contributed by atoms with Gasteiger partial charge >= 0.3 is 6.18 Å². The van der Waals surface area contributed by atoms with E-state index in [0.717, 1.165) is 0 Å². The van der Waals surface area contributed by atoms with Gasteiger partial charge in [-0.05, 0) is 0 Å². The van der Waals surface area contributed by atoms with Crippen LogP contribution >= 0.6 is 0 Å². The molecule has 0 aromatic carbocycles. The quantitative estimate of drug-likeness (QED) is 0.641. The van der Waals surface area contributed by atoms with Crippen molar-refractivity contribution in [3.63, 3.8) is 0 Å². The highest BCUT2D eigenvalue weighted by Crippen LogP contribution is 2.38. The zero-order chi connectivity index (χ0) is 12.5. The molecule has 0 unspecified atom stereocenters. The van der Waals surface area contributed by atoms with Crippen molar-refractivity contribution in [2.45, 2.75) is 19.1 Å². The zero-order valence-electron chi connectivity index (χ0n) is 7.65. The van der Waals surface area contributed by atoms with E-state index in [2.05, 4.69) is 4.98 Å². The SMILES string of the molecule is NCc1nc(F)cc(C(F)F)c1C(F)(F)F. The van der Waals surface area contributed by atoms with Crippen LogP contribution in [0, 0.1) is 5.95 Å². The lowest BCUT2D eigenvalue weighted by Gasteiger charge is -2.15. The third-order valence-electron chi connectivity index (χ3n) is 1.81. The number of aromatic nitrogens is 1. The minimum Gasteiger partial charge on any atom is -0.325 e. The van der Waals surface area contributed by atoms with Gasteiger partial charge in [-0.3, -0.25) is 0 Å². The van der Waals surface area contributed by atoms with E-state index in [1.54, 1.807) is 0 Å². The lowest BCUT2D eigenvalue weighted by atomic mass is 10.1. The topological polar surface area (TPSA) is 38.9 Å². The molecule has 0 aliphatic heterocycles. The van der Waals surface area contributed by atoms with Crippen LogP contribution in [0.15, 0.2) is 6.07 Å². The number of pyridine rings is 1. The van der Waals surface area contributed by atoms with E-state index < -0.39 is 41.9 Å². The number of nitrogens with two attached hydrogens (primary N) is 1. The van der Waals surface area contributed by atoms with Crippen LogP contribution in [-0.4, -0.2) is 4.98 Å². The molecule has 0 radical (unpaired) electrons. The third kappa shape index (κ3) is 2.43. The first-order valence-electron chi connectivity index (χ1n) is 4.02. The minimum absolute atomic E-state index is 0.0622. The Morgan fingerprint density at radius 2 is 1.88 bits per heavy atom. The average molecular weight is 244 g/mol. The number of nitrogens with zero attached hydrogens (tertiary/aromatic N) is 1. The number of halogens is 6. The third-order valence-corrected chi connectivity index (χ3v) is 1.81. The van der Waals surface area contributed by atoms with Crippen LogP contribution in [0.5, 0.6) is 0 Å². The van der Waals surface area contributed by atoms with Crippen LogP contribution in [0.3, 0.4) is 0 Å². The molecule has 16 heavy (non-hydrogen) atoms. The van der Waals surface area contributed by atoms with Crippen LogP contribution in [0.1, 0.15) is 23.2 Å². The van der Waals surface area contributed by atoms with Gasteiger partial charge in [-0.25, -0.2) is 13.8 Å². The summed E-state index contributed by atoms with van der Waals surface area (Å²) >= 11 is 0. The van der Waals surface area contributed by atoms with Crippen LogP contribution < -0.4 is 5.73 Å². The van der Waals surface area contributed by atoms with E-state index in [9.17, 15) is 26.3 Å². The first-order chi connectivity index (χ1) is 7.27. The van der Waals surface area contributed by atoms with Gasteiger partial charge in [0.05, 0.1) is 11.3 Å². The molecule has 1 heterocycles. The van der Waals surface area contributed by atoms with E-state index in [1.807, 2.05) is 0 Å². The highest BCUT2D eigenvalue weighted by molar-refractivity contribution is 5.34. The summed E-state index contributed by atoms with van der Waals surface area (Å²) in [5.41, 5.74) is 0.878. The molecule has 0 amide bonds. The van der Waals surface area contributed by atoms with Crippen LogP contribution in [0.25, 0.3) is 0 Å². The molecule has 1 aromatic heterocycles. The van der Waals surface area contributed by atoms with E-state index in [1.165, 1.54) is 0 Å². The second-order valence-corrected chi connectivity index (χ2v) is 2.86. The van der Waals surface area contributed by atoms with Gasteiger partial charge < -0.3 is 5.73 Å². The molecular weight excluding hydrogens is 238 g/mol. The van der Waals surface area contributed by atoms with Crippen molar-refractivity contribution in [2.24, 2.45) is 5.73 Å². The molecular formula is C8H6F6N2. The fraction of sp³-hybridized carbons (Fsp3) is 0.375. The summed E-state index contributed by atoms with van der Waals surface area (Å²) in [6.45, 7) is -0.772. The summed E-state index contributed by atoms with van der Waals surface area (Å²) in [6.07, 6.45) is -8.49. The van der Waals surface area contributed by atoms with E-state index in [0.29, 0.717) is 0 Å². The molecule has 1 aromatic rings. The summed E-state index contributed by atoms with van der Waals surface area (Å²) < 4.78 is 74.6. The predicted octanol–water partition coefficient (Wildman–Crippen LogP) is 2.64. The Balaban J connectivity index is 3.52. The van der Waals surface area contributed by atoms with Gasteiger partial charge in [0, 0.05) is 18.2 Å². The van der Waals surface area contributed by atoms with Crippen molar-refractivity contribution >= 4 is 0 Å². The van der Waals surface area contributed by atoms with Crippen molar-refractivity contribution in [3.05, 3.63) is 28.8 Å². The Bertz CT molecular complexity index is 387. The highest BCUT2D eigenvalue weighted by atomic mass is 19.4. The molecule has 0 saturated carbocycles. The maximum Gasteiger partial charge on any atom is 0.418 e. The first-order valence-corrected chi connectivity index (χ1v) is 4.02. The fourth-order valence-electron chi connectivity index (χ4n) is 1.23. The maximum atomic E-state index is 12.7. The average Bonchev–Trinajstić information content (AvgIpc) is 2.14. The normalized spacial score (nSPS) is 12.2. The molecule has 8 heteroatoms. The monoisotopic (exact) mass is 244 g/mol. The largest absolute Gasteiger partial charge is 0.418 e. The molecule has 2 nitrogen and oxygen atoms in total. The van der Waals surface area contributed by atoms with E-state index in [4.69, 9.17) is 5.73 Å². The standard InChI is InChI=1S/C8H6F6N2/c9-5-1-3(7(10)11)6(8(12,13)14)4(2-15)16-5/h1,7H,2,15H2. The summed E-state index contributed by atoms with van der Waals surface area (Å²) in [7, 11) is 0. The molecule has 0 spiro atoms. The second kappa shape index (κ2) is 4.28. The molecule has 0 aliphatic rings. The lowest BCUT2D eigenvalue weighted by molar-refractivity contribution is -0.140. The Labute approximate surface area is 86.1 Å². The molecule has 0 saturated heterocycles. The van der Waals surface area contributed by atoms with E-state index >= 15 is 0 Å². The van der Waals surface area contributed by atoms with Crippen molar-refractivity contribution in [1.29, 1.82) is 0 Å². The molecule has 0 atom stereocenters. The van der Waals surface area contributed by atoms with Gasteiger partial charge in [-0.15, -0.1) is 0 Å². The molecule has 0 fully saturated rings. The van der Waals surface area contributed by atoms with Gasteiger partial charge in [-0.1, -0.05) is 0 Å². The van der Waals surface area contributed by atoms with Crippen LogP contribution in [0.4, 0.5) is 26.3 Å². The van der Waals surface area contributed by atoms with Crippen molar-refractivity contribution in [2.75, 3.05) is 0 Å². The van der Waals surface area contributed by atoms with Crippen molar-refractivity contribution in [3.8, 4) is 0 Å². The van der Waals surface area contributed by atoms with E-state index in [-0.39, 0.29) is 6.07 Å². The number of hydrogen-bond donors (Lipinski definition) is 1. The van der Waals surface area contributed by atoms with Gasteiger partial charge in [0.25, 0.3) is 6.43 Å². The van der Waals surface area contributed by atoms with Crippen LogP contribution in [-0.2, 0) is 12.7 Å². The van der Waals surface area contributed by atoms with Gasteiger partial charge in [0.2, 0.25) is 5.95 Å². The summed E-state index contributed by atoms with van der Waals surface area (Å²) in [4.78, 5) is 2.86. The Kier molecular flexibility index (Phi) is 3.41. The van der Waals surface area contributed by atoms with Gasteiger partial charge in [-0.2, -0.15) is 17.6 Å². The predicted molar refractivity (Wildman–Crippen MR) is 42.0 cm³/mol. The maximum absolute atomic E-state index is 12.7. The molecule has 90 valence electrons. The Hall–Kier alpha value is -1.31. The molecule has 1 rings (SSSR count). The Morgan fingerprint density at radius 3 is 2.25 bits per heavy atom. The second-order valence-electron chi connectivity index (χ2n) is 2.86. The zero-order valence-corrected chi connectivity index (χ0v) is 7.65. The number of rotatable bonds is 2. The van der Waals surface area contributed by atoms with Crippen molar-refractivity contribution in [1.82, 2.24) is 4.98 Å². The molecule has 0 bridgehead atoms. The fourth-order valence-corrected chi connectivity index (χ4v) is 1.23. The number of alkyl halides is 5. The van der Waals surface area contributed by atoms with Crippen molar-refractivity contribution < 1.29 is 26.3 Å². The summed E-state index contributed by atoms with van der Waals surface area (Å²) in [5.74, 6) is -1.41. The summed E-state index contributed by atoms with van der Waals surface area (Å²) in [5, 5.41) is 0. The minimum atomic E-state index is -5.04. The van der Waals surface area contributed by atoms with Gasteiger partial charge in [0.1, 0.15) is 0 Å². The first kappa shape index (κ1) is 12.8.